The normalized spacial score (nSPS) is 10.0. The lowest BCUT2D eigenvalue weighted by molar-refractivity contribution is 0.112. The summed E-state index contributed by atoms with van der Waals surface area (Å²) in [6.45, 7) is 0. The molecule has 0 saturated carbocycles. The summed E-state index contributed by atoms with van der Waals surface area (Å²) in [6, 6.07) is 11.5. The van der Waals surface area contributed by atoms with Crippen molar-refractivity contribution >= 4 is 33.6 Å². The molecular weight excluding hydrogens is 285 g/mol. The summed E-state index contributed by atoms with van der Waals surface area (Å²) in [6.07, 6.45) is 0.730. The van der Waals surface area contributed by atoms with Crippen LogP contribution in [0.4, 0.5) is 15.8 Å². The number of hydrogen-bond acceptors (Lipinski definition) is 2. The van der Waals surface area contributed by atoms with Gasteiger partial charge in [-0.3, -0.25) is 4.79 Å². The third-order valence-electron chi connectivity index (χ3n) is 2.28. The Morgan fingerprint density at radius 3 is 2.59 bits per heavy atom. The maximum absolute atomic E-state index is 13.4. The topological polar surface area (TPSA) is 29.1 Å². The first-order chi connectivity index (χ1) is 8.20. The molecule has 0 spiro atoms. The van der Waals surface area contributed by atoms with Crippen LogP contribution in [0.3, 0.4) is 0 Å². The second-order valence-electron chi connectivity index (χ2n) is 3.45. The molecule has 0 atom stereocenters. The van der Waals surface area contributed by atoms with Crippen molar-refractivity contribution in [2.24, 2.45) is 0 Å². The molecule has 0 fully saturated rings. The minimum absolute atomic E-state index is 0.345. The van der Waals surface area contributed by atoms with Gasteiger partial charge in [-0.15, -0.1) is 0 Å². The van der Waals surface area contributed by atoms with Crippen LogP contribution in [0.15, 0.2) is 46.9 Å². The van der Waals surface area contributed by atoms with E-state index in [9.17, 15) is 9.18 Å². The molecule has 0 aliphatic rings. The SMILES string of the molecule is O=Cc1cc(Br)ccc1Nc1ccccc1F. The minimum atomic E-state index is -0.354. The molecule has 2 nitrogen and oxygen atoms in total. The van der Waals surface area contributed by atoms with Crippen LogP contribution < -0.4 is 5.32 Å². The second-order valence-corrected chi connectivity index (χ2v) is 4.37. The number of anilines is 2. The molecule has 0 unspecified atom stereocenters. The third kappa shape index (κ3) is 2.71. The summed E-state index contributed by atoms with van der Waals surface area (Å²) in [7, 11) is 0. The number of carbonyl (C=O) groups excluding carboxylic acids is 1. The lowest BCUT2D eigenvalue weighted by atomic mass is 10.2. The van der Waals surface area contributed by atoms with Crippen LogP contribution in [0.5, 0.6) is 0 Å². The second kappa shape index (κ2) is 5.10. The molecule has 0 bridgehead atoms. The Labute approximate surface area is 107 Å². The number of para-hydroxylation sites is 1. The first-order valence-electron chi connectivity index (χ1n) is 4.97. The highest BCUT2D eigenvalue weighted by molar-refractivity contribution is 9.10. The number of carbonyl (C=O) groups is 1. The molecule has 0 aliphatic heterocycles. The monoisotopic (exact) mass is 293 g/mol. The predicted octanol–water partition coefficient (Wildman–Crippen LogP) is 4.14. The first kappa shape index (κ1) is 11.8. The van der Waals surface area contributed by atoms with E-state index in [0.29, 0.717) is 16.9 Å². The van der Waals surface area contributed by atoms with E-state index in [1.54, 1.807) is 36.4 Å². The van der Waals surface area contributed by atoms with Gasteiger partial charge in [-0.1, -0.05) is 28.1 Å². The van der Waals surface area contributed by atoms with Crippen molar-refractivity contribution in [3.05, 3.63) is 58.3 Å². The third-order valence-corrected chi connectivity index (χ3v) is 2.78. The Kier molecular flexibility index (Phi) is 3.54. The molecule has 2 aromatic rings. The van der Waals surface area contributed by atoms with E-state index in [1.807, 2.05) is 0 Å². The van der Waals surface area contributed by atoms with Crippen molar-refractivity contribution < 1.29 is 9.18 Å². The molecule has 0 aliphatic carbocycles. The number of halogens is 2. The van der Waals surface area contributed by atoms with Gasteiger partial charge in [0.2, 0.25) is 0 Å². The Balaban J connectivity index is 2.36. The molecule has 0 saturated heterocycles. The maximum atomic E-state index is 13.4. The fraction of sp³-hybridized carbons (Fsp3) is 0. The fourth-order valence-corrected chi connectivity index (χ4v) is 1.83. The van der Waals surface area contributed by atoms with Gasteiger partial charge in [0.25, 0.3) is 0 Å². The minimum Gasteiger partial charge on any atom is -0.353 e. The van der Waals surface area contributed by atoms with E-state index >= 15 is 0 Å². The number of nitrogens with one attached hydrogen (secondary N) is 1. The molecular formula is C13H9BrFNO. The molecule has 17 heavy (non-hydrogen) atoms. The molecule has 0 radical (unpaired) electrons. The summed E-state index contributed by atoms with van der Waals surface area (Å²) >= 11 is 3.28. The Hall–Kier alpha value is -1.68. The molecule has 4 heteroatoms. The Morgan fingerprint density at radius 1 is 1.12 bits per heavy atom. The van der Waals surface area contributed by atoms with E-state index in [2.05, 4.69) is 21.2 Å². The lowest BCUT2D eigenvalue weighted by Gasteiger charge is -2.09. The average Bonchev–Trinajstić information content (AvgIpc) is 2.34. The molecule has 2 rings (SSSR count). The summed E-state index contributed by atoms with van der Waals surface area (Å²) in [4.78, 5) is 10.9. The summed E-state index contributed by atoms with van der Waals surface area (Å²) in [5.74, 6) is -0.354. The summed E-state index contributed by atoms with van der Waals surface area (Å²) in [5, 5.41) is 2.89. The van der Waals surface area contributed by atoms with E-state index in [1.165, 1.54) is 6.07 Å². The molecule has 0 aromatic heterocycles. The molecule has 0 amide bonds. The van der Waals surface area contributed by atoms with Gasteiger partial charge in [-0.05, 0) is 30.3 Å². The quantitative estimate of drug-likeness (QED) is 0.862. The van der Waals surface area contributed by atoms with Crippen LogP contribution >= 0.6 is 15.9 Å². The highest BCUT2D eigenvalue weighted by Crippen LogP contribution is 2.24. The predicted molar refractivity (Wildman–Crippen MR) is 69.2 cm³/mol. The maximum Gasteiger partial charge on any atom is 0.152 e. The molecule has 86 valence electrons. The standard InChI is InChI=1S/C13H9BrFNO/c14-10-5-6-12(9(7-10)8-17)16-13-4-2-1-3-11(13)15/h1-8,16H. The first-order valence-corrected chi connectivity index (χ1v) is 5.76. The van der Waals surface area contributed by atoms with Crippen molar-refractivity contribution in [1.29, 1.82) is 0 Å². The number of benzene rings is 2. The van der Waals surface area contributed by atoms with E-state index in [4.69, 9.17) is 0 Å². The van der Waals surface area contributed by atoms with Crippen molar-refractivity contribution in [3.8, 4) is 0 Å². The number of hydrogen-bond donors (Lipinski definition) is 1. The number of rotatable bonds is 3. The van der Waals surface area contributed by atoms with Gasteiger partial charge in [0.15, 0.2) is 6.29 Å². The van der Waals surface area contributed by atoms with Crippen molar-refractivity contribution in [3.63, 3.8) is 0 Å². The van der Waals surface area contributed by atoms with Crippen LogP contribution in [0.1, 0.15) is 10.4 Å². The number of aldehydes is 1. The zero-order valence-electron chi connectivity index (χ0n) is 8.78. The Morgan fingerprint density at radius 2 is 1.88 bits per heavy atom. The largest absolute Gasteiger partial charge is 0.353 e. The van der Waals surface area contributed by atoms with Gasteiger partial charge < -0.3 is 5.32 Å². The zero-order valence-corrected chi connectivity index (χ0v) is 10.4. The van der Waals surface area contributed by atoms with Crippen LogP contribution in [-0.4, -0.2) is 6.29 Å². The van der Waals surface area contributed by atoms with Crippen molar-refractivity contribution in [1.82, 2.24) is 0 Å². The van der Waals surface area contributed by atoms with Gasteiger partial charge in [0.05, 0.1) is 5.69 Å². The van der Waals surface area contributed by atoms with Crippen molar-refractivity contribution in [2.75, 3.05) is 5.32 Å². The van der Waals surface area contributed by atoms with Gasteiger partial charge in [-0.2, -0.15) is 0 Å². The van der Waals surface area contributed by atoms with Gasteiger partial charge >= 0.3 is 0 Å². The molecule has 2 aromatic carbocycles. The van der Waals surface area contributed by atoms with Gasteiger partial charge in [0.1, 0.15) is 5.82 Å². The van der Waals surface area contributed by atoms with Crippen LogP contribution in [-0.2, 0) is 0 Å². The van der Waals surface area contributed by atoms with Crippen molar-refractivity contribution in [2.45, 2.75) is 0 Å². The smallest absolute Gasteiger partial charge is 0.152 e. The lowest BCUT2D eigenvalue weighted by Crippen LogP contribution is -1.97. The summed E-state index contributed by atoms with van der Waals surface area (Å²) < 4.78 is 14.2. The van der Waals surface area contributed by atoms with E-state index in [0.717, 1.165) is 10.8 Å². The van der Waals surface area contributed by atoms with Gasteiger partial charge in [0, 0.05) is 15.7 Å². The van der Waals surface area contributed by atoms with E-state index in [-0.39, 0.29) is 5.82 Å². The van der Waals surface area contributed by atoms with E-state index < -0.39 is 0 Å². The van der Waals surface area contributed by atoms with Gasteiger partial charge in [-0.25, -0.2) is 4.39 Å². The van der Waals surface area contributed by atoms with Crippen LogP contribution in [0, 0.1) is 5.82 Å². The highest BCUT2D eigenvalue weighted by Gasteiger charge is 2.05. The zero-order chi connectivity index (χ0) is 12.3. The molecule has 0 heterocycles. The molecule has 1 N–H and O–H groups in total. The van der Waals surface area contributed by atoms with Crippen LogP contribution in [0.25, 0.3) is 0 Å². The highest BCUT2D eigenvalue weighted by atomic mass is 79.9. The average molecular weight is 294 g/mol. The Bertz CT molecular complexity index is 557. The summed E-state index contributed by atoms with van der Waals surface area (Å²) in [5.41, 5.74) is 1.40. The fourth-order valence-electron chi connectivity index (χ4n) is 1.45. The van der Waals surface area contributed by atoms with Crippen LogP contribution in [0.2, 0.25) is 0 Å².